The van der Waals surface area contributed by atoms with Gasteiger partial charge in [-0.25, -0.2) is 9.36 Å². The van der Waals surface area contributed by atoms with Gasteiger partial charge in [-0.1, -0.05) is 12.1 Å². The third-order valence-corrected chi connectivity index (χ3v) is 3.70. The number of nitrogens with zero attached hydrogens (tertiary/aromatic N) is 4. The van der Waals surface area contributed by atoms with E-state index in [1.165, 1.54) is 14.0 Å². The number of nitrogens with one attached hydrogen (secondary N) is 1. The Kier molecular flexibility index (Phi) is 5.11. The molecule has 3 rings (SSSR count). The number of aromatic nitrogens is 4. The number of amides is 1. The number of methoxy groups -OCH3 is 1. The molecule has 0 saturated carbocycles. The Morgan fingerprint density at radius 2 is 2.04 bits per heavy atom. The van der Waals surface area contributed by atoms with Crippen molar-refractivity contribution in [3.8, 4) is 11.6 Å². The highest BCUT2D eigenvalue weighted by Crippen LogP contribution is 2.13. The van der Waals surface area contributed by atoms with Crippen LogP contribution in [0.5, 0.6) is 5.88 Å². The second kappa shape index (κ2) is 7.65. The van der Waals surface area contributed by atoms with Crippen molar-refractivity contribution in [2.24, 2.45) is 0 Å². The van der Waals surface area contributed by atoms with Crippen LogP contribution in [0.4, 0.5) is 5.69 Å². The minimum absolute atomic E-state index is 0.0236. The molecule has 0 unspecified atom stereocenters. The van der Waals surface area contributed by atoms with E-state index in [0.717, 1.165) is 9.25 Å². The van der Waals surface area contributed by atoms with Crippen molar-refractivity contribution in [3.63, 3.8) is 0 Å². The lowest BCUT2D eigenvalue weighted by atomic mass is 10.2. The first-order valence-corrected chi connectivity index (χ1v) is 8.04. The lowest BCUT2D eigenvalue weighted by Crippen LogP contribution is -2.41. The van der Waals surface area contributed by atoms with Crippen molar-refractivity contribution in [3.05, 3.63) is 75.2 Å². The first-order valence-electron chi connectivity index (χ1n) is 8.04. The summed E-state index contributed by atoms with van der Waals surface area (Å²) in [7, 11) is 1.31. The molecule has 0 saturated heterocycles. The highest BCUT2D eigenvalue weighted by Gasteiger charge is 2.15. The molecular formula is C18H17N5O4. The summed E-state index contributed by atoms with van der Waals surface area (Å²) in [5.41, 5.74) is 0.288. The molecule has 2 aromatic heterocycles. The number of carbonyl (C=O) groups is 1. The van der Waals surface area contributed by atoms with Gasteiger partial charge in [0.1, 0.15) is 0 Å². The summed E-state index contributed by atoms with van der Waals surface area (Å²) >= 11 is 0. The zero-order chi connectivity index (χ0) is 19.4. The van der Waals surface area contributed by atoms with Gasteiger partial charge in [0.2, 0.25) is 5.91 Å². The van der Waals surface area contributed by atoms with E-state index in [1.807, 2.05) is 0 Å². The maximum atomic E-state index is 12.9. The molecule has 1 N–H and O–H groups in total. The standard InChI is InChI=1S/C18H17N5O4/c1-12(24)20-14-6-3-7-15(9-14)23-18(26)22(17(25)16(21-23)27-2)11-13-5-4-8-19-10-13/h3-10H,11H2,1-2H3,(H,20,24). The molecule has 1 aromatic carbocycles. The van der Waals surface area contributed by atoms with Crippen LogP contribution < -0.4 is 21.3 Å². The normalized spacial score (nSPS) is 10.4. The highest BCUT2D eigenvalue weighted by molar-refractivity contribution is 5.88. The molecule has 0 aliphatic carbocycles. The SMILES string of the molecule is COc1nn(-c2cccc(NC(C)=O)c2)c(=O)n(Cc2cccnc2)c1=O. The third kappa shape index (κ3) is 3.92. The number of rotatable bonds is 5. The number of hydrogen-bond acceptors (Lipinski definition) is 6. The summed E-state index contributed by atoms with van der Waals surface area (Å²) in [4.78, 5) is 40.7. The number of anilines is 1. The van der Waals surface area contributed by atoms with Crippen LogP contribution in [0.25, 0.3) is 5.69 Å². The van der Waals surface area contributed by atoms with Crippen LogP contribution in [0.15, 0.2) is 58.4 Å². The van der Waals surface area contributed by atoms with Crippen LogP contribution in [-0.4, -0.2) is 32.3 Å². The predicted molar refractivity (Wildman–Crippen MR) is 98.3 cm³/mol. The second-order valence-corrected chi connectivity index (χ2v) is 5.69. The Labute approximate surface area is 153 Å². The number of ether oxygens (including phenoxy) is 1. The van der Waals surface area contributed by atoms with Crippen LogP contribution in [0.2, 0.25) is 0 Å². The summed E-state index contributed by atoms with van der Waals surface area (Å²) in [5.74, 6) is -0.463. The Morgan fingerprint density at radius 1 is 1.22 bits per heavy atom. The fourth-order valence-electron chi connectivity index (χ4n) is 2.52. The Bertz CT molecular complexity index is 1090. The number of hydrogen-bond donors (Lipinski definition) is 1. The van der Waals surface area contributed by atoms with Crippen LogP contribution in [0.3, 0.4) is 0 Å². The van der Waals surface area contributed by atoms with Crippen molar-refractivity contribution < 1.29 is 9.53 Å². The quantitative estimate of drug-likeness (QED) is 0.715. The molecule has 9 heteroatoms. The van der Waals surface area contributed by atoms with Crippen molar-refractivity contribution in [2.45, 2.75) is 13.5 Å². The van der Waals surface area contributed by atoms with Gasteiger partial charge in [-0.05, 0) is 29.8 Å². The van der Waals surface area contributed by atoms with Gasteiger partial charge < -0.3 is 10.1 Å². The average Bonchev–Trinajstić information content (AvgIpc) is 2.66. The Balaban J connectivity index is 2.14. The second-order valence-electron chi connectivity index (χ2n) is 5.69. The zero-order valence-electron chi connectivity index (χ0n) is 14.7. The first-order chi connectivity index (χ1) is 13.0. The van der Waals surface area contributed by atoms with Crippen molar-refractivity contribution >= 4 is 11.6 Å². The number of pyridine rings is 1. The van der Waals surface area contributed by atoms with Crippen molar-refractivity contribution in [1.29, 1.82) is 0 Å². The van der Waals surface area contributed by atoms with E-state index in [0.29, 0.717) is 16.9 Å². The summed E-state index contributed by atoms with van der Waals surface area (Å²) in [6.07, 6.45) is 3.17. The zero-order valence-corrected chi connectivity index (χ0v) is 14.7. The van der Waals surface area contributed by atoms with Crippen molar-refractivity contribution in [2.75, 3.05) is 12.4 Å². The van der Waals surface area contributed by atoms with Crippen molar-refractivity contribution in [1.82, 2.24) is 19.3 Å². The molecular weight excluding hydrogens is 350 g/mol. The largest absolute Gasteiger partial charge is 0.476 e. The van der Waals surface area contributed by atoms with E-state index >= 15 is 0 Å². The van der Waals surface area contributed by atoms with Gasteiger partial charge in [0.25, 0.3) is 5.88 Å². The summed E-state index contributed by atoms with van der Waals surface area (Å²) in [5, 5.41) is 6.64. The summed E-state index contributed by atoms with van der Waals surface area (Å²) in [6, 6.07) is 10.0. The fraction of sp³-hybridized carbons (Fsp3) is 0.167. The number of benzene rings is 1. The van der Waals surface area contributed by atoms with E-state index in [9.17, 15) is 14.4 Å². The van der Waals surface area contributed by atoms with E-state index in [2.05, 4.69) is 15.4 Å². The van der Waals surface area contributed by atoms with E-state index in [4.69, 9.17) is 4.74 Å². The van der Waals surface area contributed by atoms with Crippen LogP contribution >= 0.6 is 0 Å². The molecule has 2 heterocycles. The maximum Gasteiger partial charge on any atom is 0.352 e. The first kappa shape index (κ1) is 18.1. The van der Waals surface area contributed by atoms with Gasteiger partial charge in [-0.15, -0.1) is 5.10 Å². The topological polar surface area (TPSA) is 108 Å². The molecule has 0 fully saturated rings. The summed E-state index contributed by atoms with van der Waals surface area (Å²) in [6.45, 7) is 1.41. The van der Waals surface area contributed by atoms with E-state index < -0.39 is 11.2 Å². The molecule has 0 aliphatic rings. The number of carbonyl (C=O) groups excluding carboxylic acids is 1. The van der Waals surface area contributed by atoms with Gasteiger partial charge in [-0.3, -0.25) is 14.6 Å². The fourth-order valence-corrected chi connectivity index (χ4v) is 2.52. The van der Waals surface area contributed by atoms with E-state index in [-0.39, 0.29) is 18.3 Å². The molecule has 0 aliphatic heterocycles. The predicted octanol–water partition coefficient (Wildman–Crippen LogP) is 0.804. The Hall–Kier alpha value is -3.75. The van der Waals surface area contributed by atoms with Gasteiger partial charge in [0.15, 0.2) is 0 Å². The van der Waals surface area contributed by atoms with Gasteiger partial charge in [0, 0.05) is 25.0 Å². The Morgan fingerprint density at radius 3 is 2.70 bits per heavy atom. The molecule has 27 heavy (non-hydrogen) atoms. The summed E-state index contributed by atoms with van der Waals surface area (Å²) < 4.78 is 7.12. The molecule has 0 spiro atoms. The van der Waals surface area contributed by atoms with Crippen LogP contribution in [0.1, 0.15) is 12.5 Å². The maximum absolute atomic E-state index is 12.9. The molecule has 0 bridgehead atoms. The van der Waals surface area contributed by atoms with Crippen LogP contribution in [-0.2, 0) is 11.3 Å². The smallest absolute Gasteiger partial charge is 0.352 e. The van der Waals surface area contributed by atoms with Gasteiger partial charge >= 0.3 is 11.2 Å². The van der Waals surface area contributed by atoms with Gasteiger partial charge in [0.05, 0.1) is 19.3 Å². The molecule has 1 amide bonds. The third-order valence-electron chi connectivity index (χ3n) is 3.70. The highest BCUT2D eigenvalue weighted by atomic mass is 16.5. The average molecular weight is 367 g/mol. The molecule has 0 radical (unpaired) electrons. The molecule has 3 aromatic rings. The molecule has 0 atom stereocenters. The van der Waals surface area contributed by atoms with Crippen LogP contribution in [0, 0.1) is 0 Å². The van der Waals surface area contributed by atoms with E-state index in [1.54, 1.807) is 48.8 Å². The molecule has 9 nitrogen and oxygen atoms in total. The minimum Gasteiger partial charge on any atom is -0.476 e. The minimum atomic E-state index is -0.638. The monoisotopic (exact) mass is 367 g/mol. The molecule has 138 valence electrons. The lowest BCUT2D eigenvalue weighted by Gasteiger charge is -2.12. The lowest BCUT2D eigenvalue weighted by molar-refractivity contribution is -0.114. The van der Waals surface area contributed by atoms with Gasteiger partial charge in [-0.2, -0.15) is 4.68 Å².